The van der Waals surface area contributed by atoms with Crippen molar-refractivity contribution in [2.45, 2.75) is 24.7 Å². The highest BCUT2D eigenvalue weighted by Gasteiger charge is 2.38. The minimum absolute atomic E-state index is 0.172. The largest absolute Gasteiger partial charge is 0.497 e. The zero-order valence-corrected chi connectivity index (χ0v) is 14.0. The van der Waals surface area contributed by atoms with Crippen molar-refractivity contribution in [3.8, 4) is 5.75 Å². The van der Waals surface area contributed by atoms with E-state index < -0.39 is 0 Å². The number of rotatable bonds is 5. The maximum absolute atomic E-state index is 5.27. The van der Waals surface area contributed by atoms with Crippen molar-refractivity contribution in [2.75, 3.05) is 19.0 Å². The first kappa shape index (κ1) is 14.9. The van der Waals surface area contributed by atoms with Gasteiger partial charge in [0.1, 0.15) is 17.9 Å². The van der Waals surface area contributed by atoms with Crippen LogP contribution in [0.25, 0.3) is 11.0 Å². The van der Waals surface area contributed by atoms with Gasteiger partial charge < -0.3 is 10.1 Å². The predicted octanol–water partition coefficient (Wildman–Crippen LogP) is 2.91. The van der Waals surface area contributed by atoms with Gasteiger partial charge in [-0.25, -0.2) is 9.97 Å². The number of fused-ring (bicyclic) bond motifs is 1. The van der Waals surface area contributed by atoms with Crippen LogP contribution in [0, 0.1) is 0 Å². The van der Waals surface area contributed by atoms with Gasteiger partial charge in [0.05, 0.1) is 18.7 Å². The molecule has 0 unspecified atom stereocenters. The van der Waals surface area contributed by atoms with Crippen LogP contribution in [0.4, 0.5) is 5.82 Å². The number of benzene rings is 1. The lowest BCUT2D eigenvalue weighted by Crippen LogP contribution is -2.41. The van der Waals surface area contributed by atoms with E-state index >= 15 is 0 Å². The molecule has 0 bridgehead atoms. The van der Waals surface area contributed by atoms with Gasteiger partial charge in [-0.1, -0.05) is 18.6 Å². The van der Waals surface area contributed by atoms with Gasteiger partial charge in [0.15, 0.2) is 5.65 Å². The van der Waals surface area contributed by atoms with E-state index in [0.717, 1.165) is 29.1 Å². The second kappa shape index (κ2) is 5.78. The van der Waals surface area contributed by atoms with Gasteiger partial charge in [0, 0.05) is 19.0 Å². The molecule has 0 saturated heterocycles. The highest BCUT2D eigenvalue weighted by Crippen LogP contribution is 2.44. The highest BCUT2D eigenvalue weighted by molar-refractivity contribution is 5.86. The van der Waals surface area contributed by atoms with Gasteiger partial charge in [-0.15, -0.1) is 0 Å². The Morgan fingerprint density at radius 3 is 2.67 bits per heavy atom. The van der Waals surface area contributed by atoms with E-state index in [1.807, 2.05) is 25.4 Å². The molecule has 1 aromatic carbocycles. The summed E-state index contributed by atoms with van der Waals surface area (Å²) in [6.45, 7) is 0.861. The molecule has 1 aliphatic rings. The molecule has 1 fully saturated rings. The number of aryl methyl sites for hydroxylation is 1. The first-order chi connectivity index (χ1) is 11.7. The van der Waals surface area contributed by atoms with Crippen LogP contribution in [0.15, 0.2) is 36.8 Å². The fourth-order valence-corrected chi connectivity index (χ4v) is 3.47. The Morgan fingerprint density at radius 2 is 2.00 bits per heavy atom. The average Bonchev–Trinajstić information content (AvgIpc) is 2.97. The summed E-state index contributed by atoms with van der Waals surface area (Å²) >= 11 is 0. The van der Waals surface area contributed by atoms with Gasteiger partial charge in [0.25, 0.3) is 0 Å². The minimum Gasteiger partial charge on any atom is -0.497 e. The van der Waals surface area contributed by atoms with Crippen LogP contribution >= 0.6 is 0 Å². The Bertz CT molecular complexity index is 851. The van der Waals surface area contributed by atoms with Gasteiger partial charge in [0.2, 0.25) is 0 Å². The van der Waals surface area contributed by atoms with Crippen molar-refractivity contribution in [1.29, 1.82) is 0 Å². The Morgan fingerprint density at radius 1 is 1.21 bits per heavy atom. The van der Waals surface area contributed by atoms with Crippen molar-refractivity contribution in [1.82, 2.24) is 19.7 Å². The van der Waals surface area contributed by atoms with Crippen LogP contribution in [-0.4, -0.2) is 33.4 Å². The molecule has 24 heavy (non-hydrogen) atoms. The third-order valence-electron chi connectivity index (χ3n) is 5.14. The molecule has 0 radical (unpaired) electrons. The van der Waals surface area contributed by atoms with E-state index in [2.05, 4.69) is 32.5 Å². The fourth-order valence-electron chi connectivity index (χ4n) is 3.47. The maximum Gasteiger partial charge on any atom is 0.163 e. The number of hydrogen-bond acceptors (Lipinski definition) is 5. The molecular formula is C18H21N5O. The van der Waals surface area contributed by atoms with Crippen LogP contribution < -0.4 is 10.1 Å². The summed E-state index contributed by atoms with van der Waals surface area (Å²) in [6.07, 6.45) is 7.05. The first-order valence-electron chi connectivity index (χ1n) is 8.23. The third kappa shape index (κ3) is 2.38. The van der Waals surface area contributed by atoms with Gasteiger partial charge in [-0.05, 0) is 30.5 Å². The second-order valence-electron chi connectivity index (χ2n) is 6.44. The lowest BCUT2D eigenvalue weighted by Gasteiger charge is -2.42. The van der Waals surface area contributed by atoms with Gasteiger partial charge >= 0.3 is 0 Å². The zero-order valence-electron chi connectivity index (χ0n) is 14.0. The molecule has 124 valence electrons. The Kier molecular flexibility index (Phi) is 3.59. The van der Waals surface area contributed by atoms with Crippen molar-refractivity contribution in [3.05, 3.63) is 42.4 Å². The van der Waals surface area contributed by atoms with E-state index in [-0.39, 0.29) is 5.41 Å². The summed E-state index contributed by atoms with van der Waals surface area (Å²) in [5, 5.41) is 8.77. The normalized spacial score (nSPS) is 15.9. The molecular weight excluding hydrogens is 302 g/mol. The number of hydrogen-bond donors (Lipinski definition) is 1. The topological polar surface area (TPSA) is 64.9 Å². The molecule has 0 spiro atoms. The van der Waals surface area contributed by atoms with E-state index in [1.54, 1.807) is 18.1 Å². The molecule has 3 aromatic rings. The van der Waals surface area contributed by atoms with E-state index in [4.69, 9.17) is 4.74 Å². The molecule has 1 saturated carbocycles. The number of methoxy groups -OCH3 is 1. The van der Waals surface area contributed by atoms with Crippen LogP contribution in [0.5, 0.6) is 5.75 Å². The predicted molar refractivity (Wildman–Crippen MR) is 93.3 cm³/mol. The SMILES string of the molecule is COc1ccc(C2(CNc3ncnc4c3cnn4C)CCC2)cc1. The van der Waals surface area contributed by atoms with Crippen molar-refractivity contribution in [2.24, 2.45) is 7.05 Å². The number of aromatic nitrogens is 4. The molecule has 0 aliphatic heterocycles. The number of ether oxygens (including phenoxy) is 1. The lowest BCUT2D eigenvalue weighted by atomic mass is 9.64. The molecule has 6 heteroatoms. The fraction of sp³-hybridized carbons (Fsp3) is 0.389. The standard InChI is InChI=1S/C18H21N5O/c1-23-17-15(10-22-23)16(20-12-21-17)19-11-18(8-3-9-18)13-4-6-14(24-2)7-5-13/h4-7,10,12H,3,8-9,11H2,1-2H3,(H,19,20,21). The number of nitrogens with one attached hydrogen (secondary N) is 1. The zero-order chi connectivity index (χ0) is 16.6. The molecule has 0 amide bonds. The average molecular weight is 323 g/mol. The second-order valence-corrected chi connectivity index (χ2v) is 6.44. The summed E-state index contributed by atoms with van der Waals surface area (Å²) in [7, 11) is 3.59. The Hall–Kier alpha value is -2.63. The van der Waals surface area contributed by atoms with Crippen LogP contribution in [0.1, 0.15) is 24.8 Å². The number of anilines is 1. The minimum atomic E-state index is 0.172. The van der Waals surface area contributed by atoms with Gasteiger partial charge in [-0.3, -0.25) is 4.68 Å². The summed E-state index contributed by atoms with van der Waals surface area (Å²) in [5.74, 6) is 1.75. The van der Waals surface area contributed by atoms with Crippen molar-refractivity contribution < 1.29 is 4.74 Å². The summed E-state index contributed by atoms with van der Waals surface area (Å²) in [5.41, 5.74) is 2.38. The lowest BCUT2D eigenvalue weighted by molar-refractivity contribution is 0.260. The Labute approximate surface area is 140 Å². The summed E-state index contributed by atoms with van der Waals surface area (Å²) in [6, 6.07) is 8.44. The molecule has 1 aliphatic carbocycles. The molecule has 4 rings (SSSR count). The van der Waals surface area contributed by atoms with E-state index in [1.165, 1.54) is 24.8 Å². The molecule has 6 nitrogen and oxygen atoms in total. The van der Waals surface area contributed by atoms with E-state index in [9.17, 15) is 0 Å². The third-order valence-corrected chi connectivity index (χ3v) is 5.14. The Balaban J connectivity index is 1.58. The summed E-state index contributed by atoms with van der Waals surface area (Å²) < 4.78 is 7.04. The maximum atomic E-state index is 5.27. The van der Waals surface area contributed by atoms with Crippen LogP contribution in [0.2, 0.25) is 0 Å². The van der Waals surface area contributed by atoms with Crippen molar-refractivity contribution >= 4 is 16.9 Å². The van der Waals surface area contributed by atoms with E-state index in [0.29, 0.717) is 0 Å². The molecule has 2 aromatic heterocycles. The molecule has 2 heterocycles. The van der Waals surface area contributed by atoms with Crippen molar-refractivity contribution in [3.63, 3.8) is 0 Å². The smallest absolute Gasteiger partial charge is 0.163 e. The molecule has 0 atom stereocenters. The highest BCUT2D eigenvalue weighted by atomic mass is 16.5. The van der Waals surface area contributed by atoms with Gasteiger partial charge in [-0.2, -0.15) is 5.10 Å². The van der Waals surface area contributed by atoms with Crippen LogP contribution in [0.3, 0.4) is 0 Å². The summed E-state index contributed by atoms with van der Waals surface area (Å²) in [4.78, 5) is 8.70. The van der Waals surface area contributed by atoms with Crippen LogP contribution in [-0.2, 0) is 12.5 Å². The quantitative estimate of drug-likeness (QED) is 0.782. The molecule has 1 N–H and O–H groups in total. The first-order valence-corrected chi connectivity index (χ1v) is 8.23. The number of nitrogens with zero attached hydrogens (tertiary/aromatic N) is 4. The monoisotopic (exact) mass is 323 g/mol.